The van der Waals surface area contributed by atoms with E-state index < -0.39 is 12.3 Å². The van der Waals surface area contributed by atoms with Crippen molar-refractivity contribution in [3.05, 3.63) is 12.2 Å². The summed E-state index contributed by atoms with van der Waals surface area (Å²) in [6, 6.07) is 0. The third kappa shape index (κ3) is 4.87. The van der Waals surface area contributed by atoms with Crippen LogP contribution in [-0.4, -0.2) is 18.8 Å². The summed E-state index contributed by atoms with van der Waals surface area (Å²) < 4.78 is 4.79. The predicted molar refractivity (Wildman–Crippen MR) is 45.1 cm³/mol. The van der Waals surface area contributed by atoms with Crippen LogP contribution in [-0.2, 0) is 14.4 Å². The van der Waals surface area contributed by atoms with Gasteiger partial charge in [0.1, 0.15) is 0 Å². The molecular weight excluding hydrogens is 158 g/mol. The molecule has 4 heteroatoms. The first kappa shape index (κ1) is 11.1. The minimum atomic E-state index is -0.589. The molecule has 12 heavy (non-hydrogen) atoms. The fraction of sp³-hybridized carbons (Fsp3) is 0.625. The van der Waals surface area contributed by atoms with Crippen LogP contribution in [0.1, 0.15) is 20.8 Å². The van der Waals surface area contributed by atoms with Gasteiger partial charge in [0.15, 0.2) is 0 Å². The van der Waals surface area contributed by atoms with Crippen molar-refractivity contribution in [1.29, 1.82) is 0 Å². The molecule has 0 aliphatic heterocycles. The van der Waals surface area contributed by atoms with E-state index in [9.17, 15) is 4.79 Å². The average molecular weight is 173 g/mol. The molecule has 0 heterocycles. The Morgan fingerprint density at radius 1 is 1.67 bits per heavy atom. The molecule has 0 aromatic carbocycles. The van der Waals surface area contributed by atoms with E-state index in [-0.39, 0.29) is 0 Å². The predicted octanol–water partition coefficient (Wildman–Crippen LogP) is 0.993. The fourth-order valence-electron chi connectivity index (χ4n) is 0.476. The standard InChI is InChI=1S/C8H15NO3/c1-5-9-12-7(4)11-8(10)6(2)3/h7,9H,2,5H2,1,3-4H3. The molecule has 0 aromatic rings. The van der Waals surface area contributed by atoms with Gasteiger partial charge in [-0.2, -0.15) is 5.48 Å². The van der Waals surface area contributed by atoms with Gasteiger partial charge in [-0.25, -0.2) is 4.79 Å². The highest BCUT2D eigenvalue weighted by molar-refractivity contribution is 5.86. The monoisotopic (exact) mass is 173 g/mol. The Kier molecular flexibility index (Phi) is 5.32. The van der Waals surface area contributed by atoms with Gasteiger partial charge >= 0.3 is 5.97 Å². The molecule has 0 bridgehead atoms. The van der Waals surface area contributed by atoms with Gasteiger partial charge in [0.25, 0.3) is 0 Å². The second-order valence-corrected chi connectivity index (χ2v) is 2.37. The summed E-state index contributed by atoms with van der Waals surface area (Å²) in [6.07, 6.45) is -0.589. The Labute approximate surface area is 72.5 Å². The van der Waals surface area contributed by atoms with E-state index in [2.05, 4.69) is 12.1 Å². The van der Waals surface area contributed by atoms with Crippen molar-refractivity contribution in [3.63, 3.8) is 0 Å². The van der Waals surface area contributed by atoms with Gasteiger partial charge in [-0.1, -0.05) is 13.5 Å². The molecule has 0 aromatic heterocycles. The number of carbonyl (C=O) groups excluding carboxylic acids is 1. The van der Waals surface area contributed by atoms with Crippen molar-refractivity contribution in [3.8, 4) is 0 Å². The summed E-state index contributed by atoms with van der Waals surface area (Å²) in [7, 11) is 0. The van der Waals surface area contributed by atoms with Gasteiger partial charge in [-0.15, -0.1) is 0 Å². The lowest BCUT2D eigenvalue weighted by Gasteiger charge is -2.12. The average Bonchev–Trinajstić information content (AvgIpc) is 2.00. The second-order valence-electron chi connectivity index (χ2n) is 2.37. The molecule has 1 unspecified atom stereocenters. The molecule has 0 fully saturated rings. The lowest BCUT2D eigenvalue weighted by atomic mass is 10.4. The number of hydrogen-bond acceptors (Lipinski definition) is 4. The maximum atomic E-state index is 10.9. The molecule has 4 nitrogen and oxygen atoms in total. The van der Waals surface area contributed by atoms with Gasteiger partial charge in [-0.3, -0.25) is 4.84 Å². The zero-order valence-electron chi connectivity index (χ0n) is 7.72. The normalized spacial score (nSPS) is 12.2. The molecule has 0 aliphatic carbocycles. The topological polar surface area (TPSA) is 47.6 Å². The highest BCUT2D eigenvalue weighted by Crippen LogP contribution is 1.97. The quantitative estimate of drug-likeness (QED) is 0.291. The van der Waals surface area contributed by atoms with Crippen LogP contribution in [0, 0.1) is 0 Å². The van der Waals surface area contributed by atoms with Gasteiger partial charge in [0, 0.05) is 12.1 Å². The number of hydroxylamine groups is 1. The number of ether oxygens (including phenoxy) is 1. The molecule has 1 N–H and O–H groups in total. The first-order valence-electron chi connectivity index (χ1n) is 3.83. The first-order chi connectivity index (χ1) is 5.57. The Balaban J connectivity index is 3.61. The lowest BCUT2D eigenvalue weighted by Crippen LogP contribution is -2.26. The van der Waals surface area contributed by atoms with Crippen molar-refractivity contribution in [2.24, 2.45) is 0 Å². The van der Waals surface area contributed by atoms with Crippen molar-refractivity contribution < 1.29 is 14.4 Å². The molecular formula is C8H15NO3. The van der Waals surface area contributed by atoms with Crippen LogP contribution < -0.4 is 5.48 Å². The Morgan fingerprint density at radius 2 is 2.25 bits per heavy atom. The minimum Gasteiger partial charge on any atom is -0.431 e. The molecule has 0 saturated carbocycles. The minimum absolute atomic E-state index is 0.363. The van der Waals surface area contributed by atoms with E-state index in [0.29, 0.717) is 12.1 Å². The number of carbonyl (C=O) groups is 1. The third-order valence-electron chi connectivity index (χ3n) is 1.02. The van der Waals surface area contributed by atoms with Crippen LogP contribution in [0.4, 0.5) is 0 Å². The molecule has 1 atom stereocenters. The second kappa shape index (κ2) is 5.74. The van der Waals surface area contributed by atoms with E-state index in [1.165, 1.54) is 0 Å². The molecule has 0 saturated heterocycles. The summed E-state index contributed by atoms with van der Waals surface area (Å²) in [5.41, 5.74) is 2.95. The van der Waals surface area contributed by atoms with E-state index >= 15 is 0 Å². The van der Waals surface area contributed by atoms with Gasteiger partial charge in [0.05, 0.1) is 0 Å². The van der Waals surface area contributed by atoms with Crippen LogP contribution >= 0.6 is 0 Å². The van der Waals surface area contributed by atoms with E-state index in [4.69, 9.17) is 9.57 Å². The number of rotatable bonds is 5. The van der Waals surface area contributed by atoms with E-state index in [1.807, 2.05) is 6.92 Å². The molecule has 0 radical (unpaired) electrons. The highest BCUT2D eigenvalue weighted by Gasteiger charge is 2.09. The molecule has 70 valence electrons. The van der Waals surface area contributed by atoms with E-state index in [0.717, 1.165) is 0 Å². The number of hydrogen-bond donors (Lipinski definition) is 1. The van der Waals surface area contributed by atoms with Gasteiger partial charge < -0.3 is 4.74 Å². The molecule has 0 rings (SSSR count). The SMILES string of the molecule is C=C(C)C(=O)OC(C)ONCC. The zero-order chi connectivity index (χ0) is 9.56. The Morgan fingerprint density at radius 3 is 2.67 bits per heavy atom. The third-order valence-corrected chi connectivity index (χ3v) is 1.02. The van der Waals surface area contributed by atoms with Gasteiger partial charge in [0.2, 0.25) is 6.29 Å². The van der Waals surface area contributed by atoms with Crippen LogP contribution in [0.15, 0.2) is 12.2 Å². The van der Waals surface area contributed by atoms with Crippen molar-refractivity contribution in [2.75, 3.05) is 6.54 Å². The summed E-state index contributed by atoms with van der Waals surface area (Å²) >= 11 is 0. The fourth-order valence-corrected chi connectivity index (χ4v) is 0.476. The number of nitrogens with one attached hydrogen (secondary N) is 1. The molecule has 0 spiro atoms. The van der Waals surface area contributed by atoms with Crippen LogP contribution in [0.5, 0.6) is 0 Å². The maximum absolute atomic E-state index is 10.9. The van der Waals surface area contributed by atoms with Crippen LogP contribution in [0.3, 0.4) is 0 Å². The van der Waals surface area contributed by atoms with Crippen LogP contribution in [0.2, 0.25) is 0 Å². The highest BCUT2D eigenvalue weighted by atomic mass is 16.8. The van der Waals surface area contributed by atoms with E-state index in [1.54, 1.807) is 13.8 Å². The molecule has 0 aliphatic rings. The molecule has 0 amide bonds. The van der Waals surface area contributed by atoms with Crippen LogP contribution in [0.25, 0.3) is 0 Å². The summed E-state index contributed by atoms with van der Waals surface area (Å²) in [6.45, 7) is 9.20. The van der Waals surface area contributed by atoms with Gasteiger partial charge in [-0.05, 0) is 13.8 Å². The maximum Gasteiger partial charge on any atom is 0.335 e. The van der Waals surface area contributed by atoms with Crippen molar-refractivity contribution >= 4 is 5.97 Å². The van der Waals surface area contributed by atoms with Crippen molar-refractivity contribution in [1.82, 2.24) is 5.48 Å². The summed E-state index contributed by atoms with van der Waals surface area (Å²) in [5, 5.41) is 0. The lowest BCUT2D eigenvalue weighted by molar-refractivity contribution is -0.184. The zero-order valence-corrected chi connectivity index (χ0v) is 7.72. The first-order valence-corrected chi connectivity index (χ1v) is 3.83. The summed E-state index contributed by atoms with van der Waals surface area (Å²) in [5.74, 6) is -0.444. The summed E-state index contributed by atoms with van der Waals surface area (Å²) in [4.78, 5) is 15.8. The number of esters is 1. The van der Waals surface area contributed by atoms with Crippen molar-refractivity contribution in [2.45, 2.75) is 27.1 Å². The Hall–Kier alpha value is -0.870. The largest absolute Gasteiger partial charge is 0.431 e. The smallest absolute Gasteiger partial charge is 0.335 e. The Bertz CT molecular complexity index is 168.